The number of aryl methyl sites for hydroxylation is 1. The third kappa shape index (κ3) is 4.38. The molecule has 4 nitrogen and oxygen atoms in total. The summed E-state index contributed by atoms with van der Waals surface area (Å²) in [5.74, 6) is 0.508. The Labute approximate surface area is 155 Å². The number of aromatic nitrogens is 1. The Kier molecular flexibility index (Phi) is 5.36. The van der Waals surface area contributed by atoms with E-state index in [4.69, 9.17) is 16.3 Å². The van der Waals surface area contributed by atoms with Crippen LogP contribution in [0.4, 0.5) is 5.69 Å². The lowest BCUT2D eigenvalue weighted by Gasteiger charge is -2.10. The van der Waals surface area contributed by atoms with Crippen LogP contribution < -0.4 is 10.1 Å². The zero-order chi connectivity index (χ0) is 17.8. The van der Waals surface area contributed by atoms with Crippen molar-refractivity contribution in [2.45, 2.75) is 20.5 Å². The van der Waals surface area contributed by atoms with E-state index < -0.39 is 0 Å². The molecule has 0 saturated heterocycles. The molecule has 0 spiro atoms. The van der Waals surface area contributed by atoms with E-state index in [2.05, 4.69) is 10.3 Å². The number of hydrogen-bond acceptors (Lipinski definition) is 4. The van der Waals surface area contributed by atoms with Gasteiger partial charge in [-0.25, -0.2) is 4.98 Å². The summed E-state index contributed by atoms with van der Waals surface area (Å²) in [6.45, 7) is 3.84. The van der Waals surface area contributed by atoms with Crippen LogP contribution in [0.5, 0.6) is 5.75 Å². The topological polar surface area (TPSA) is 51.2 Å². The molecule has 0 aliphatic heterocycles. The van der Waals surface area contributed by atoms with Crippen molar-refractivity contribution in [3.8, 4) is 16.3 Å². The van der Waals surface area contributed by atoms with Gasteiger partial charge in [-0.15, -0.1) is 11.3 Å². The van der Waals surface area contributed by atoms with Crippen LogP contribution in [0.3, 0.4) is 0 Å². The highest BCUT2D eigenvalue weighted by molar-refractivity contribution is 7.15. The molecule has 0 saturated carbocycles. The molecule has 1 amide bonds. The summed E-state index contributed by atoms with van der Waals surface area (Å²) in [5, 5.41) is 4.41. The van der Waals surface area contributed by atoms with Crippen LogP contribution in [0.2, 0.25) is 5.02 Å². The second-order valence-electron chi connectivity index (χ2n) is 5.50. The van der Waals surface area contributed by atoms with Gasteiger partial charge in [-0.05, 0) is 31.2 Å². The maximum atomic E-state index is 11.3. The van der Waals surface area contributed by atoms with Crippen molar-refractivity contribution < 1.29 is 9.53 Å². The van der Waals surface area contributed by atoms with Gasteiger partial charge in [0.05, 0.1) is 16.3 Å². The van der Waals surface area contributed by atoms with Crippen molar-refractivity contribution in [1.29, 1.82) is 0 Å². The molecule has 0 bridgehead atoms. The fourth-order valence-corrected chi connectivity index (χ4v) is 3.41. The molecule has 0 radical (unpaired) electrons. The molecule has 2 aromatic carbocycles. The normalized spacial score (nSPS) is 10.5. The van der Waals surface area contributed by atoms with Gasteiger partial charge in [-0.1, -0.05) is 35.9 Å². The van der Waals surface area contributed by atoms with Gasteiger partial charge in [0.1, 0.15) is 17.4 Å². The summed E-state index contributed by atoms with van der Waals surface area (Å²) in [5.41, 5.74) is 2.63. The maximum Gasteiger partial charge on any atom is 0.221 e. The molecule has 1 aromatic heterocycles. The molecule has 1 N–H and O–H groups in total. The van der Waals surface area contributed by atoms with Crippen LogP contribution in [0.15, 0.2) is 48.5 Å². The first-order valence-electron chi connectivity index (χ1n) is 7.74. The third-order valence-electron chi connectivity index (χ3n) is 3.54. The highest BCUT2D eigenvalue weighted by atomic mass is 35.5. The predicted octanol–water partition coefficient (Wildman–Crippen LogP) is 5.31. The number of carbonyl (C=O) groups is 1. The predicted molar refractivity (Wildman–Crippen MR) is 102 cm³/mol. The second-order valence-corrected chi connectivity index (χ2v) is 7.02. The fraction of sp³-hybridized carbons (Fsp3) is 0.158. The van der Waals surface area contributed by atoms with Gasteiger partial charge >= 0.3 is 0 Å². The molecule has 0 aliphatic rings. The minimum Gasteiger partial charge on any atom is -0.486 e. The number of nitrogens with zero attached hydrogens (tertiary/aromatic N) is 1. The summed E-state index contributed by atoms with van der Waals surface area (Å²) in [6.07, 6.45) is 0. The molecule has 0 unspecified atom stereocenters. The number of para-hydroxylation sites is 2. The smallest absolute Gasteiger partial charge is 0.221 e. The second kappa shape index (κ2) is 7.68. The number of ether oxygens (including phenoxy) is 1. The Morgan fingerprint density at radius 3 is 2.64 bits per heavy atom. The molecule has 1 heterocycles. The number of benzene rings is 2. The molecule has 3 aromatic rings. The first-order chi connectivity index (χ1) is 12.0. The summed E-state index contributed by atoms with van der Waals surface area (Å²) < 4.78 is 5.91. The number of anilines is 1. The van der Waals surface area contributed by atoms with E-state index >= 15 is 0 Å². The average Bonchev–Trinajstić information content (AvgIpc) is 2.95. The largest absolute Gasteiger partial charge is 0.486 e. The van der Waals surface area contributed by atoms with Crippen LogP contribution in [0.1, 0.15) is 17.5 Å². The first-order valence-corrected chi connectivity index (χ1v) is 8.94. The Morgan fingerprint density at radius 2 is 1.92 bits per heavy atom. The SMILES string of the molecule is CC(=O)Nc1ccccc1OCc1sc(-c2ccc(Cl)cc2)nc1C. The Balaban J connectivity index is 1.76. The number of thiazole rings is 1. The van der Waals surface area contributed by atoms with Crippen molar-refractivity contribution in [1.82, 2.24) is 4.98 Å². The summed E-state index contributed by atoms with van der Waals surface area (Å²) in [6, 6.07) is 15.0. The molecule has 3 rings (SSSR count). The van der Waals surface area contributed by atoms with E-state index in [-0.39, 0.29) is 5.91 Å². The van der Waals surface area contributed by atoms with Gasteiger partial charge in [0, 0.05) is 17.5 Å². The molecule has 6 heteroatoms. The number of carbonyl (C=O) groups excluding carboxylic acids is 1. The molecule has 25 heavy (non-hydrogen) atoms. The minimum absolute atomic E-state index is 0.130. The van der Waals surface area contributed by atoms with Gasteiger partial charge < -0.3 is 10.1 Å². The lowest BCUT2D eigenvalue weighted by molar-refractivity contribution is -0.114. The van der Waals surface area contributed by atoms with E-state index in [0.717, 1.165) is 21.1 Å². The van der Waals surface area contributed by atoms with Crippen molar-refractivity contribution in [3.05, 3.63) is 64.1 Å². The van der Waals surface area contributed by atoms with Crippen LogP contribution in [-0.2, 0) is 11.4 Å². The quantitative estimate of drug-likeness (QED) is 0.660. The molecule has 0 aliphatic carbocycles. The molecule has 128 valence electrons. The number of amides is 1. The van der Waals surface area contributed by atoms with E-state index in [0.29, 0.717) is 23.1 Å². The van der Waals surface area contributed by atoms with Gasteiger partial charge in [0.25, 0.3) is 0 Å². The Bertz CT molecular complexity index is 891. The average molecular weight is 373 g/mol. The Hall–Kier alpha value is -2.37. The number of hydrogen-bond donors (Lipinski definition) is 1. The third-order valence-corrected chi connectivity index (χ3v) is 4.97. The standard InChI is InChI=1S/C19H17ClN2O2S/c1-12-18(25-19(21-12)14-7-9-15(20)10-8-14)11-24-17-6-4-3-5-16(17)22-13(2)23/h3-10H,11H2,1-2H3,(H,22,23). The van der Waals surface area contributed by atoms with Gasteiger partial charge in [-0.2, -0.15) is 0 Å². The van der Waals surface area contributed by atoms with Crippen molar-refractivity contribution in [2.75, 3.05) is 5.32 Å². The number of halogens is 1. The van der Waals surface area contributed by atoms with E-state index in [1.165, 1.54) is 6.92 Å². The minimum atomic E-state index is -0.130. The molecule has 0 fully saturated rings. The number of nitrogens with one attached hydrogen (secondary N) is 1. The van der Waals surface area contributed by atoms with E-state index in [9.17, 15) is 4.79 Å². The van der Waals surface area contributed by atoms with Crippen LogP contribution in [0.25, 0.3) is 10.6 Å². The lowest BCUT2D eigenvalue weighted by atomic mass is 10.2. The summed E-state index contributed by atoms with van der Waals surface area (Å²) in [7, 11) is 0. The van der Waals surface area contributed by atoms with Crippen LogP contribution in [0, 0.1) is 6.92 Å². The lowest BCUT2D eigenvalue weighted by Crippen LogP contribution is -2.07. The molecular weight excluding hydrogens is 356 g/mol. The highest BCUT2D eigenvalue weighted by Gasteiger charge is 2.11. The highest BCUT2D eigenvalue weighted by Crippen LogP contribution is 2.31. The summed E-state index contributed by atoms with van der Waals surface area (Å²) in [4.78, 5) is 17.0. The van der Waals surface area contributed by atoms with Gasteiger partial charge in [0.15, 0.2) is 0 Å². The number of rotatable bonds is 5. The Morgan fingerprint density at radius 1 is 1.20 bits per heavy atom. The van der Waals surface area contributed by atoms with Crippen molar-refractivity contribution in [3.63, 3.8) is 0 Å². The van der Waals surface area contributed by atoms with Crippen LogP contribution in [-0.4, -0.2) is 10.9 Å². The first kappa shape index (κ1) is 17.5. The monoisotopic (exact) mass is 372 g/mol. The van der Waals surface area contributed by atoms with Crippen molar-refractivity contribution in [2.24, 2.45) is 0 Å². The van der Waals surface area contributed by atoms with Gasteiger partial charge in [-0.3, -0.25) is 4.79 Å². The molecule has 0 atom stereocenters. The van der Waals surface area contributed by atoms with E-state index in [1.54, 1.807) is 11.3 Å². The van der Waals surface area contributed by atoms with Gasteiger partial charge in [0.2, 0.25) is 5.91 Å². The zero-order valence-corrected chi connectivity index (χ0v) is 15.4. The van der Waals surface area contributed by atoms with E-state index in [1.807, 2.05) is 55.5 Å². The van der Waals surface area contributed by atoms with Crippen LogP contribution >= 0.6 is 22.9 Å². The fourth-order valence-electron chi connectivity index (χ4n) is 2.31. The molecular formula is C19H17ClN2O2S. The maximum absolute atomic E-state index is 11.3. The zero-order valence-electron chi connectivity index (χ0n) is 13.9. The van der Waals surface area contributed by atoms with Crippen molar-refractivity contribution >= 4 is 34.5 Å². The summed E-state index contributed by atoms with van der Waals surface area (Å²) >= 11 is 7.53.